The Bertz CT molecular complexity index is 957. The van der Waals surface area contributed by atoms with Gasteiger partial charge in [0.2, 0.25) is 0 Å². The molecule has 0 saturated carbocycles. The van der Waals surface area contributed by atoms with E-state index < -0.39 is 5.97 Å². The average Bonchev–Trinajstić information content (AvgIpc) is 3.17. The van der Waals surface area contributed by atoms with E-state index >= 15 is 0 Å². The number of unbranched alkanes of at least 4 members (excludes halogenated alkanes) is 2. The number of para-hydroxylation sites is 1. The van der Waals surface area contributed by atoms with Crippen molar-refractivity contribution in [1.29, 1.82) is 0 Å². The van der Waals surface area contributed by atoms with Gasteiger partial charge in [0.05, 0.1) is 12.3 Å². The van der Waals surface area contributed by atoms with Crippen molar-refractivity contribution in [1.82, 2.24) is 20.2 Å². The molecule has 0 spiro atoms. The summed E-state index contributed by atoms with van der Waals surface area (Å²) < 4.78 is 12.4. The molecule has 0 fully saturated rings. The molecule has 1 heterocycles. The van der Waals surface area contributed by atoms with E-state index in [-0.39, 0.29) is 23.9 Å². The fourth-order valence-corrected chi connectivity index (χ4v) is 3.00. The van der Waals surface area contributed by atoms with E-state index in [9.17, 15) is 9.90 Å². The normalized spacial score (nSPS) is 10.7. The maximum absolute atomic E-state index is 12.3. The zero-order chi connectivity index (χ0) is 20.6. The highest BCUT2D eigenvalue weighted by Crippen LogP contribution is 2.32. The molecule has 3 aromatic rings. The molecule has 0 aliphatic rings. The molecule has 0 atom stereocenters. The first-order chi connectivity index (χ1) is 14.1. The van der Waals surface area contributed by atoms with Crippen LogP contribution in [0.5, 0.6) is 17.5 Å². The van der Waals surface area contributed by atoms with Crippen LogP contribution in [0.4, 0.5) is 0 Å². The Morgan fingerprint density at radius 3 is 2.66 bits per heavy atom. The summed E-state index contributed by atoms with van der Waals surface area (Å²) in [4.78, 5) is 12.3. The van der Waals surface area contributed by atoms with Crippen LogP contribution in [0.1, 0.15) is 49.0 Å². The number of hydrogen-bond donors (Lipinski definition) is 1. The second-order valence-corrected chi connectivity index (χ2v) is 6.46. The Morgan fingerprint density at radius 1 is 1.14 bits per heavy atom. The molecule has 0 saturated heterocycles. The number of tetrazole rings is 1. The third-order valence-corrected chi connectivity index (χ3v) is 4.35. The van der Waals surface area contributed by atoms with Crippen LogP contribution in [-0.2, 0) is 11.2 Å². The minimum atomic E-state index is -0.544. The van der Waals surface area contributed by atoms with E-state index in [1.54, 1.807) is 13.0 Å². The molecule has 8 nitrogen and oxygen atoms in total. The fraction of sp³-hybridized carbons (Fsp3) is 0.333. The molecule has 0 aliphatic carbocycles. The molecule has 8 heteroatoms. The summed E-state index contributed by atoms with van der Waals surface area (Å²) in [7, 11) is 0. The quantitative estimate of drug-likeness (QED) is 0.430. The first kappa shape index (κ1) is 20.3. The lowest BCUT2D eigenvalue weighted by Crippen LogP contribution is -2.09. The van der Waals surface area contributed by atoms with Gasteiger partial charge in [0, 0.05) is 6.07 Å². The zero-order valence-electron chi connectivity index (χ0n) is 16.5. The summed E-state index contributed by atoms with van der Waals surface area (Å²) in [5.74, 6) is -0.391. The highest BCUT2D eigenvalue weighted by molar-refractivity contribution is 5.94. The molecular formula is C21H24N4O4. The van der Waals surface area contributed by atoms with Gasteiger partial charge in [-0.1, -0.05) is 43.1 Å². The number of nitrogens with zero attached hydrogens (tertiary/aromatic N) is 4. The molecule has 1 N–H and O–H groups in total. The predicted octanol–water partition coefficient (Wildman–Crippen LogP) is 4.07. The highest BCUT2D eigenvalue weighted by atomic mass is 16.5. The maximum atomic E-state index is 12.3. The molecular weight excluding hydrogens is 372 g/mol. The van der Waals surface area contributed by atoms with Crippen molar-refractivity contribution < 1.29 is 19.4 Å². The highest BCUT2D eigenvalue weighted by Gasteiger charge is 2.20. The van der Waals surface area contributed by atoms with E-state index in [1.807, 2.05) is 30.3 Å². The Morgan fingerprint density at radius 2 is 1.93 bits per heavy atom. The van der Waals surface area contributed by atoms with Gasteiger partial charge in [0.25, 0.3) is 0 Å². The molecule has 0 unspecified atom stereocenters. The third kappa shape index (κ3) is 4.90. The molecule has 2 aromatic carbocycles. The monoisotopic (exact) mass is 396 g/mol. The average molecular weight is 396 g/mol. The van der Waals surface area contributed by atoms with Crippen LogP contribution in [0.2, 0.25) is 0 Å². The van der Waals surface area contributed by atoms with Gasteiger partial charge in [-0.05, 0) is 54.0 Å². The first-order valence-corrected chi connectivity index (χ1v) is 9.68. The zero-order valence-corrected chi connectivity index (χ0v) is 16.5. The third-order valence-electron chi connectivity index (χ3n) is 4.35. The van der Waals surface area contributed by atoms with E-state index in [0.29, 0.717) is 17.7 Å². The van der Waals surface area contributed by atoms with Crippen molar-refractivity contribution in [2.75, 3.05) is 6.61 Å². The van der Waals surface area contributed by atoms with Gasteiger partial charge in [-0.3, -0.25) is 0 Å². The van der Waals surface area contributed by atoms with Crippen LogP contribution < -0.4 is 4.74 Å². The van der Waals surface area contributed by atoms with Crippen molar-refractivity contribution in [2.45, 2.75) is 39.5 Å². The van der Waals surface area contributed by atoms with Crippen molar-refractivity contribution >= 4 is 5.97 Å². The summed E-state index contributed by atoms with van der Waals surface area (Å²) in [5, 5.41) is 22.0. The number of aromatic hydroxyl groups is 1. The number of hydrogen-bond acceptors (Lipinski definition) is 7. The molecule has 3 rings (SSSR count). The molecule has 29 heavy (non-hydrogen) atoms. The molecule has 152 valence electrons. The van der Waals surface area contributed by atoms with Crippen molar-refractivity contribution in [3.63, 3.8) is 0 Å². The number of aromatic nitrogens is 4. The predicted molar refractivity (Wildman–Crippen MR) is 107 cm³/mol. The van der Waals surface area contributed by atoms with Gasteiger partial charge in [-0.15, -0.1) is 0 Å². The van der Waals surface area contributed by atoms with Gasteiger partial charge < -0.3 is 14.6 Å². The number of esters is 1. The fourth-order valence-electron chi connectivity index (χ4n) is 3.00. The lowest BCUT2D eigenvalue weighted by Gasteiger charge is -2.13. The van der Waals surface area contributed by atoms with Gasteiger partial charge in [0.15, 0.2) is 0 Å². The van der Waals surface area contributed by atoms with Crippen LogP contribution in [0.3, 0.4) is 0 Å². The Kier molecular flexibility index (Phi) is 6.78. The second-order valence-electron chi connectivity index (χ2n) is 6.46. The second kappa shape index (κ2) is 9.68. The van der Waals surface area contributed by atoms with Crippen molar-refractivity contribution in [3.8, 4) is 23.2 Å². The van der Waals surface area contributed by atoms with Gasteiger partial charge in [0.1, 0.15) is 17.1 Å². The minimum Gasteiger partial charge on any atom is -0.507 e. The van der Waals surface area contributed by atoms with Gasteiger partial charge in [-0.2, -0.15) is 4.68 Å². The first-order valence-electron chi connectivity index (χ1n) is 9.68. The van der Waals surface area contributed by atoms with Crippen LogP contribution >= 0.6 is 0 Å². The topological polar surface area (TPSA) is 99.4 Å². The van der Waals surface area contributed by atoms with E-state index in [4.69, 9.17) is 9.47 Å². The summed E-state index contributed by atoms with van der Waals surface area (Å²) in [6.07, 6.45) is 3.56. The van der Waals surface area contributed by atoms with Crippen LogP contribution in [0.25, 0.3) is 5.69 Å². The maximum Gasteiger partial charge on any atom is 0.345 e. The SMILES string of the molecule is CCCCCc1cc(Oc2nnnn2-c2ccccc2)cc(O)c1C(=O)OCC. The molecule has 1 aromatic heterocycles. The minimum absolute atomic E-state index is 0.152. The van der Waals surface area contributed by atoms with Crippen molar-refractivity contribution in [2.24, 2.45) is 0 Å². The largest absolute Gasteiger partial charge is 0.507 e. The number of benzene rings is 2. The summed E-state index contributed by atoms with van der Waals surface area (Å²) >= 11 is 0. The smallest absolute Gasteiger partial charge is 0.345 e. The molecule has 0 radical (unpaired) electrons. The number of carbonyl (C=O) groups excluding carboxylic acids is 1. The standard InChI is InChI=1S/C21H24N4O4/c1-3-5-7-10-15-13-17(14-18(26)19(15)20(27)28-4-2)29-21-22-23-24-25(21)16-11-8-6-9-12-16/h6,8-9,11-14,26H,3-5,7,10H2,1-2H3. The number of phenolic OH excluding ortho intramolecular Hbond substituents is 1. The number of aryl methyl sites for hydroxylation is 1. The lowest BCUT2D eigenvalue weighted by atomic mass is 10.00. The summed E-state index contributed by atoms with van der Waals surface area (Å²) in [5.41, 5.74) is 1.59. The number of carbonyl (C=O) groups is 1. The van der Waals surface area contributed by atoms with Gasteiger partial charge >= 0.3 is 12.0 Å². The summed E-state index contributed by atoms with van der Waals surface area (Å²) in [6.45, 7) is 4.07. The van der Waals surface area contributed by atoms with E-state index in [0.717, 1.165) is 24.9 Å². The van der Waals surface area contributed by atoms with E-state index in [2.05, 4.69) is 22.4 Å². The molecule has 0 amide bonds. The van der Waals surface area contributed by atoms with Gasteiger partial charge in [-0.25, -0.2) is 4.79 Å². The Labute approximate surface area is 169 Å². The molecule has 0 bridgehead atoms. The lowest BCUT2D eigenvalue weighted by molar-refractivity contribution is 0.0521. The number of ether oxygens (including phenoxy) is 2. The Hall–Kier alpha value is -3.42. The van der Waals surface area contributed by atoms with Crippen molar-refractivity contribution in [3.05, 3.63) is 53.6 Å². The van der Waals surface area contributed by atoms with Crippen LogP contribution in [0, 0.1) is 0 Å². The molecule has 0 aliphatic heterocycles. The van der Waals surface area contributed by atoms with Crippen LogP contribution in [-0.4, -0.2) is 37.9 Å². The Balaban J connectivity index is 1.92. The number of phenols is 1. The van der Waals surface area contributed by atoms with E-state index in [1.165, 1.54) is 10.7 Å². The summed E-state index contributed by atoms with van der Waals surface area (Å²) in [6, 6.07) is 12.6. The van der Waals surface area contributed by atoms with Crippen LogP contribution in [0.15, 0.2) is 42.5 Å². The number of rotatable bonds is 9.